The van der Waals surface area contributed by atoms with Crippen LogP contribution in [0.5, 0.6) is 5.75 Å². The lowest BCUT2D eigenvalue weighted by Crippen LogP contribution is -2.52. The smallest absolute Gasteiger partial charge is 0.482 e. The number of hydrogen-bond acceptors (Lipinski definition) is 7. The largest absolute Gasteiger partial charge is 0.508 e. The second kappa shape index (κ2) is 13.4. The summed E-state index contributed by atoms with van der Waals surface area (Å²) in [6.07, 6.45) is 12.6. The van der Waals surface area contributed by atoms with E-state index in [9.17, 15) is 9.59 Å². The van der Waals surface area contributed by atoms with Gasteiger partial charge in [0.15, 0.2) is 6.61 Å². The van der Waals surface area contributed by atoms with Gasteiger partial charge in [0.25, 0.3) is 0 Å². The van der Waals surface area contributed by atoms with Crippen LogP contribution in [-0.4, -0.2) is 62.6 Å². The standard InChI is InChI=1S/C32H47NO6/c1-3-4-5-8-26(38-32(35)39-30-20-33-16-14-23(30)15-17-33)13-12-22-10-11-25-19-28-24(18-27(22)25)7-6-9-29(28)37-21-31(34)36-2/h6-7,9,22-23,25-27,30H,3-5,8,10-21H2,1-2H3. The van der Waals surface area contributed by atoms with Crippen molar-refractivity contribution in [1.29, 1.82) is 0 Å². The SMILES string of the molecule is CCCCCC(CCC1CCC2Cc3c(cccc3OCC(=O)OC)CC12)OC(=O)OC1CN2CCC1CC2. The third kappa shape index (κ3) is 7.08. The summed E-state index contributed by atoms with van der Waals surface area (Å²) in [6, 6.07) is 6.23. The molecule has 0 spiro atoms. The Morgan fingerprint density at radius 2 is 1.87 bits per heavy atom. The zero-order valence-electron chi connectivity index (χ0n) is 23.9. The van der Waals surface area contributed by atoms with Crippen molar-refractivity contribution >= 4 is 12.1 Å². The molecule has 0 amide bonds. The van der Waals surface area contributed by atoms with Crippen LogP contribution in [-0.2, 0) is 31.8 Å². The molecule has 3 heterocycles. The quantitative estimate of drug-likeness (QED) is 0.239. The maximum atomic E-state index is 12.8. The monoisotopic (exact) mass is 541 g/mol. The number of nitrogens with zero attached hydrogens (tertiary/aromatic N) is 1. The van der Waals surface area contributed by atoms with Gasteiger partial charge in [-0.2, -0.15) is 0 Å². The van der Waals surface area contributed by atoms with Gasteiger partial charge in [0.05, 0.1) is 7.11 Å². The predicted octanol–water partition coefficient (Wildman–Crippen LogP) is 5.96. The van der Waals surface area contributed by atoms with Gasteiger partial charge >= 0.3 is 12.1 Å². The Labute approximate surface area is 233 Å². The van der Waals surface area contributed by atoms with E-state index in [1.165, 1.54) is 37.5 Å². The Bertz CT molecular complexity index is 973. The fourth-order valence-electron chi connectivity index (χ4n) is 7.68. The van der Waals surface area contributed by atoms with Crippen LogP contribution in [0.2, 0.25) is 0 Å². The maximum Gasteiger partial charge on any atom is 0.508 e. The number of benzene rings is 1. The van der Waals surface area contributed by atoms with E-state index in [2.05, 4.69) is 17.9 Å². The average molecular weight is 542 g/mol. The van der Waals surface area contributed by atoms with Crippen LogP contribution in [0.1, 0.15) is 82.3 Å². The Balaban J connectivity index is 1.15. The lowest BCUT2D eigenvalue weighted by Gasteiger charge is -2.43. The summed E-state index contributed by atoms with van der Waals surface area (Å²) in [5, 5.41) is 0. The topological polar surface area (TPSA) is 74.3 Å². The highest BCUT2D eigenvalue weighted by Gasteiger charge is 2.41. The van der Waals surface area contributed by atoms with Crippen LogP contribution in [0.4, 0.5) is 4.79 Å². The summed E-state index contributed by atoms with van der Waals surface area (Å²) in [4.78, 5) is 26.8. The maximum absolute atomic E-state index is 12.8. The summed E-state index contributed by atoms with van der Waals surface area (Å²) in [6.45, 7) is 5.29. The van der Waals surface area contributed by atoms with E-state index in [0.717, 1.165) is 83.2 Å². The highest BCUT2D eigenvalue weighted by atomic mass is 16.7. The van der Waals surface area contributed by atoms with Crippen molar-refractivity contribution in [3.63, 3.8) is 0 Å². The average Bonchev–Trinajstić information content (AvgIpc) is 3.35. The molecule has 5 atom stereocenters. The van der Waals surface area contributed by atoms with E-state index in [1.54, 1.807) is 0 Å². The van der Waals surface area contributed by atoms with Gasteiger partial charge < -0.3 is 18.9 Å². The number of methoxy groups -OCH3 is 1. The molecular formula is C32H47NO6. The van der Waals surface area contributed by atoms with Crippen LogP contribution in [0.15, 0.2) is 18.2 Å². The molecule has 3 saturated heterocycles. The molecule has 216 valence electrons. The number of rotatable bonds is 12. The van der Waals surface area contributed by atoms with Crippen molar-refractivity contribution < 1.29 is 28.5 Å². The third-order valence-electron chi connectivity index (χ3n) is 9.94. The van der Waals surface area contributed by atoms with Crippen molar-refractivity contribution in [3.05, 3.63) is 29.3 Å². The second-order valence-corrected chi connectivity index (χ2v) is 12.3. The molecule has 6 rings (SSSR count). The van der Waals surface area contributed by atoms with Crippen molar-refractivity contribution in [2.24, 2.45) is 23.7 Å². The Morgan fingerprint density at radius 3 is 2.62 bits per heavy atom. The van der Waals surface area contributed by atoms with Crippen LogP contribution in [0.3, 0.4) is 0 Å². The van der Waals surface area contributed by atoms with Crippen LogP contribution in [0.25, 0.3) is 0 Å². The molecule has 1 saturated carbocycles. The first-order valence-electron chi connectivity index (χ1n) is 15.4. The van der Waals surface area contributed by atoms with Gasteiger partial charge in [0, 0.05) is 6.54 Å². The Hall–Kier alpha value is -2.28. The fourth-order valence-corrected chi connectivity index (χ4v) is 7.68. The summed E-state index contributed by atoms with van der Waals surface area (Å²) in [5.41, 5.74) is 2.61. The van der Waals surface area contributed by atoms with Gasteiger partial charge in [-0.3, -0.25) is 4.90 Å². The van der Waals surface area contributed by atoms with Gasteiger partial charge in [-0.05, 0) is 118 Å². The molecule has 5 unspecified atom stereocenters. The lowest BCUT2D eigenvalue weighted by atomic mass is 9.73. The van der Waals surface area contributed by atoms with E-state index in [0.29, 0.717) is 23.7 Å². The molecule has 1 aromatic carbocycles. The zero-order valence-corrected chi connectivity index (χ0v) is 23.9. The second-order valence-electron chi connectivity index (χ2n) is 12.3. The molecule has 7 nitrogen and oxygen atoms in total. The van der Waals surface area contributed by atoms with Gasteiger partial charge in [0.2, 0.25) is 0 Å². The molecule has 0 aromatic heterocycles. The minimum atomic E-state index is -0.453. The highest BCUT2D eigenvalue weighted by Crippen LogP contribution is 2.48. The molecule has 2 aliphatic carbocycles. The minimum Gasteiger partial charge on any atom is -0.482 e. The first-order valence-corrected chi connectivity index (χ1v) is 15.4. The number of esters is 1. The van der Waals surface area contributed by atoms with Crippen molar-refractivity contribution in [2.45, 2.75) is 96.2 Å². The van der Waals surface area contributed by atoms with Crippen LogP contribution >= 0.6 is 0 Å². The molecular weight excluding hydrogens is 494 g/mol. The van der Waals surface area contributed by atoms with Gasteiger partial charge in [-0.1, -0.05) is 31.9 Å². The molecule has 5 aliphatic rings. The molecule has 0 N–H and O–H groups in total. The molecule has 39 heavy (non-hydrogen) atoms. The van der Waals surface area contributed by atoms with Crippen molar-refractivity contribution in [3.8, 4) is 5.75 Å². The van der Waals surface area contributed by atoms with Gasteiger partial charge in [-0.15, -0.1) is 0 Å². The van der Waals surface area contributed by atoms with Gasteiger partial charge in [0.1, 0.15) is 18.0 Å². The molecule has 7 heteroatoms. The van der Waals surface area contributed by atoms with Crippen molar-refractivity contribution in [2.75, 3.05) is 33.4 Å². The van der Waals surface area contributed by atoms with E-state index in [4.69, 9.17) is 18.9 Å². The molecule has 0 radical (unpaired) electrons. The molecule has 4 fully saturated rings. The van der Waals surface area contributed by atoms with Crippen LogP contribution in [0, 0.1) is 23.7 Å². The fraction of sp³-hybridized carbons (Fsp3) is 0.750. The third-order valence-corrected chi connectivity index (χ3v) is 9.94. The minimum absolute atomic E-state index is 0.00400. The molecule has 1 aromatic rings. The summed E-state index contributed by atoms with van der Waals surface area (Å²) >= 11 is 0. The normalized spacial score (nSPS) is 29.7. The number of hydrogen-bond donors (Lipinski definition) is 0. The van der Waals surface area contributed by atoms with E-state index < -0.39 is 6.16 Å². The van der Waals surface area contributed by atoms with E-state index >= 15 is 0 Å². The predicted molar refractivity (Wildman–Crippen MR) is 149 cm³/mol. The van der Waals surface area contributed by atoms with E-state index in [-0.39, 0.29) is 24.8 Å². The lowest BCUT2D eigenvalue weighted by molar-refractivity contribution is -0.142. The first kappa shape index (κ1) is 28.3. The number of carbonyl (C=O) groups excluding carboxylic acids is 2. The van der Waals surface area contributed by atoms with Gasteiger partial charge in [-0.25, -0.2) is 9.59 Å². The number of unbranched alkanes of at least 4 members (excludes halogenated alkanes) is 2. The summed E-state index contributed by atoms with van der Waals surface area (Å²) in [7, 11) is 1.39. The Morgan fingerprint density at radius 1 is 1.03 bits per heavy atom. The van der Waals surface area contributed by atoms with E-state index in [1.807, 2.05) is 12.1 Å². The number of piperidine rings is 3. The van der Waals surface area contributed by atoms with Crippen molar-refractivity contribution in [1.82, 2.24) is 4.90 Å². The summed E-state index contributed by atoms with van der Waals surface area (Å²) in [5.74, 6) is 2.92. The zero-order chi connectivity index (χ0) is 27.2. The number of ether oxygens (including phenoxy) is 4. The highest BCUT2D eigenvalue weighted by molar-refractivity contribution is 5.71. The first-order chi connectivity index (χ1) is 19.0. The number of fused-ring (bicyclic) bond motifs is 5. The molecule has 3 aliphatic heterocycles. The Kier molecular flexibility index (Phi) is 9.70. The number of carbonyl (C=O) groups is 2. The molecule has 2 bridgehead atoms. The summed E-state index contributed by atoms with van der Waals surface area (Å²) < 4.78 is 22.4. The van der Waals surface area contributed by atoms with Crippen LogP contribution < -0.4 is 4.74 Å².